The summed E-state index contributed by atoms with van der Waals surface area (Å²) < 4.78 is 27.6. The predicted molar refractivity (Wildman–Crippen MR) is 79.6 cm³/mol. The van der Waals surface area contributed by atoms with Gasteiger partial charge in [0, 0.05) is 18.2 Å². The maximum absolute atomic E-state index is 11.7. The Morgan fingerprint density at radius 1 is 1.40 bits per heavy atom. The first kappa shape index (κ1) is 16.3. The number of ether oxygens (including phenoxy) is 1. The number of nitrogens with one attached hydrogen (secondary N) is 1. The van der Waals surface area contributed by atoms with Crippen LogP contribution in [0.5, 0.6) is 5.75 Å². The van der Waals surface area contributed by atoms with Crippen LogP contribution in [0.15, 0.2) is 18.2 Å². The van der Waals surface area contributed by atoms with Gasteiger partial charge in [-0.2, -0.15) is 0 Å². The number of methoxy groups -OCH3 is 1. The van der Waals surface area contributed by atoms with Crippen LogP contribution in [-0.2, 0) is 14.6 Å². The fraction of sp³-hybridized carbons (Fsp3) is 0.462. The van der Waals surface area contributed by atoms with Crippen LogP contribution in [-0.4, -0.2) is 32.9 Å². The molecule has 0 radical (unpaired) electrons. The molecule has 1 aromatic carbocycles. The van der Waals surface area contributed by atoms with Gasteiger partial charge in [-0.15, -0.1) is 0 Å². The van der Waals surface area contributed by atoms with E-state index in [0.29, 0.717) is 23.5 Å². The lowest BCUT2D eigenvalue weighted by molar-refractivity contribution is -0.116. The van der Waals surface area contributed by atoms with Crippen molar-refractivity contribution in [2.24, 2.45) is 0 Å². The summed E-state index contributed by atoms with van der Waals surface area (Å²) in [5.74, 6) is 0.470. The zero-order valence-corrected chi connectivity index (χ0v) is 12.5. The van der Waals surface area contributed by atoms with Crippen LogP contribution >= 0.6 is 0 Å². The van der Waals surface area contributed by atoms with Crippen LogP contribution in [0.2, 0.25) is 0 Å². The summed E-state index contributed by atoms with van der Waals surface area (Å²) in [5, 5.41) is 2.65. The van der Waals surface area contributed by atoms with E-state index in [1.54, 1.807) is 25.1 Å². The fourth-order valence-electron chi connectivity index (χ4n) is 1.59. The Bertz CT molecular complexity index is 570. The molecule has 0 aromatic heterocycles. The highest BCUT2D eigenvalue weighted by Gasteiger charge is 2.10. The van der Waals surface area contributed by atoms with Crippen LogP contribution in [0.4, 0.5) is 11.4 Å². The van der Waals surface area contributed by atoms with E-state index in [-0.39, 0.29) is 23.8 Å². The maximum atomic E-state index is 11.7. The molecule has 0 aliphatic carbocycles. The molecule has 3 N–H and O–H groups in total. The number of amides is 1. The number of nitrogens with two attached hydrogens (primary N) is 1. The Morgan fingerprint density at radius 3 is 2.65 bits per heavy atom. The Labute approximate surface area is 119 Å². The molecule has 0 heterocycles. The third kappa shape index (κ3) is 5.08. The molecule has 1 rings (SSSR count). The van der Waals surface area contributed by atoms with Crippen LogP contribution in [0.3, 0.4) is 0 Å². The summed E-state index contributed by atoms with van der Waals surface area (Å²) in [6.07, 6.45) is 0.447. The van der Waals surface area contributed by atoms with E-state index in [4.69, 9.17) is 10.5 Å². The van der Waals surface area contributed by atoms with Gasteiger partial charge in [0.05, 0.1) is 24.2 Å². The zero-order valence-electron chi connectivity index (χ0n) is 11.7. The number of rotatable bonds is 7. The molecule has 1 amide bonds. The van der Waals surface area contributed by atoms with E-state index in [2.05, 4.69) is 5.32 Å². The Morgan fingerprint density at radius 2 is 2.10 bits per heavy atom. The van der Waals surface area contributed by atoms with Crippen molar-refractivity contribution in [3.63, 3.8) is 0 Å². The normalized spacial score (nSPS) is 11.1. The Kier molecular flexibility index (Phi) is 5.82. The van der Waals surface area contributed by atoms with Crippen molar-refractivity contribution in [2.75, 3.05) is 29.7 Å². The van der Waals surface area contributed by atoms with E-state index in [1.165, 1.54) is 7.11 Å². The molecule has 0 aliphatic heterocycles. The van der Waals surface area contributed by atoms with Crippen molar-refractivity contribution in [1.29, 1.82) is 0 Å². The molecule has 20 heavy (non-hydrogen) atoms. The van der Waals surface area contributed by atoms with Gasteiger partial charge in [0.2, 0.25) is 5.91 Å². The smallest absolute Gasteiger partial charge is 0.224 e. The van der Waals surface area contributed by atoms with Gasteiger partial charge in [-0.1, -0.05) is 6.92 Å². The predicted octanol–water partition coefficient (Wildman–Crippen LogP) is 1.43. The molecule has 0 fully saturated rings. The number of carbonyl (C=O) groups is 1. The van der Waals surface area contributed by atoms with E-state index in [0.717, 1.165) is 0 Å². The maximum Gasteiger partial charge on any atom is 0.224 e. The Balaban J connectivity index is 2.51. The number of carbonyl (C=O) groups excluding carboxylic acids is 1. The molecule has 7 heteroatoms. The summed E-state index contributed by atoms with van der Waals surface area (Å²) in [6.45, 7) is 1.59. The zero-order chi connectivity index (χ0) is 15.2. The Hall–Kier alpha value is -1.76. The van der Waals surface area contributed by atoms with Gasteiger partial charge in [-0.3, -0.25) is 4.79 Å². The van der Waals surface area contributed by atoms with Crippen molar-refractivity contribution in [3.05, 3.63) is 18.2 Å². The lowest BCUT2D eigenvalue weighted by Crippen LogP contribution is -2.15. The van der Waals surface area contributed by atoms with E-state index >= 15 is 0 Å². The summed E-state index contributed by atoms with van der Waals surface area (Å²) in [7, 11) is -1.50. The second-order valence-electron chi connectivity index (χ2n) is 4.34. The highest BCUT2D eigenvalue weighted by atomic mass is 32.2. The average molecular weight is 300 g/mol. The molecule has 0 bridgehead atoms. The molecular weight excluding hydrogens is 280 g/mol. The van der Waals surface area contributed by atoms with Crippen LogP contribution < -0.4 is 15.8 Å². The summed E-state index contributed by atoms with van der Waals surface area (Å²) in [6, 6.07) is 4.94. The standard InChI is InChI=1S/C13H20N2O4S/c1-3-20(17,18)8-4-5-13(16)15-12-7-6-10(19-2)9-11(12)14/h6-7,9H,3-5,8,14H2,1-2H3,(H,15,16). The topological polar surface area (TPSA) is 98.5 Å². The van der Waals surface area contributed by atoms with E-state index < -0.39 is 9.84 Å². The first-order valence-corrected chi connectivity index (χ1v) is 8.14. The van der Waals surface area contributed by atoms with Gasteiger partial charge < -0.3 is 15.8 Å². The monoisotopic (exact) mass is 300 g/mol. The van der Waals surface area contributed by atoms with E-state index in [9.17, 15) is 13.2 Å². The van der Waals surface area contributed by atoms with Gasteiger partial charge in [-0.05, 0) is 18.6 Å². The van der Waals surface area contributed by atoms with Crippen molar-refractivity contribution < 1.29 is 17.9 Å². The molecule has 0 saturated heterocycles. The second kappa shape index (κ2) is 7.14. The minimum atomic E-state index is -3.03. The molecular formula is C13H20N2O4S. The highest BCUT2D eigenvalue weighted by molar-refractivity contribution is 7.91. The first-order valence-electron chi connectivity index (χ1n) is 6.31. The molecule has 1 aromatic rings. The molecule has 112 valence electrons. The lowest BCUT2D eigenvalue weighted by Gasteiger charge is -2.09. The third-order valence-electron chi connectivity index (χ3n) is 2.83. The van der Waals surface area contributed by atoms with Crippen LogP contribution in [0.1, 0.15) is 19.8 Å². The number of hydrogen-bond donors (Lipinski definition) is 2. The van der Waals surface area contributed by atoms with Gasteiger partial charge >= 0.3 is 0 Å². The summed E-state index contributed by atoms with van der Waals surface area (Å²) >= 11 is 0. The number of benzene rings is 1. The number of anilines is 2. The second-order valence-corrected chi connectivity index (χ2v) is 6.81. The quantitative estimate of drug-likeness (QED) is 0.742. The summed E-state index contributed by atoms with van der Waals surface area (Å²) in [4.78, 5) is 11.7. The van der Waals surface area contributed by atoms with E-state index in [1.807, 2.05) is 0 Å². The average Bonchev–Trinajstić information content (AvgIpc) is 2.41. The number of hydrogen-bond acceptors (Lipinski definition) is 5. The van der Waals surface area contributed by atoms with Crippen LogP contribution in [0.25, 0.3) is 0 Å². The highest BCUT2D eigenvalue weighted by Crippen LogP contribution is 2.24. The molecule has 0 atom stereocenters. The largest absolute Gasteiger partial charge is 0.497 e. The van der Waals surface area contributed by atoms with Gasteiger partial charge in [0.1, 0.15) is 15.6 Å². The van der Waals surface area contributed by atoms with Crippen molar-refractivity contribution in [1.82, 2.24) is 0 Å². The SMILES string of the molecule is CCS(=O)(=O)CCCC(=O)Nc1ccc(OC)cc1N. The summed E-state index contributed by atoms with van der Waals surface area (Å²) in [5.41, 5.74) is 6.67. The molecule has 0 spiro atoms. The van der Waals surface area contributed by atoms with Gasteiger partial charge in [0.15, 0.2) is 0 Å². The minimum absolute atomic E-state index is 0.0228. The van der Waals surface area contributed by atoms with Crippen LogP contribution in [0, 0.1) is 0 Å². The van der Waals surface area contributed by atoms with Crippen molar-refractivity contribution in [2.45, 2.75) is 19.8 Å². The number of nitrogen functional groups attached to an aromatic ring is 1. The molecule has 0 saturated carbocycles. The van der Waals surface area contributed by atoms with Gasteiger partial charge in [0.25, 0.3) is 0 Å². The van der Waals surface area contributed by atoms with Gasteiger partial charge in [-0.25, -0.2) is 8.42 Å². The lowest BCUT2D eigenvalue weighted by atomic mass is 10.2. The first-order chi connectivity index (χ1) is 9.38. The molecule has 0 unspecified atom stereocenters. The third-order valence-corrected chi connectivity index (χ3v) is 4.62. The molecule has 0 aliphatic rings. The molecule has 6 nitrogen and oxygen atoms in total. The van der Waals surface area contributed by atoms with Crippen molar-refractivity contribution in [3.8, 4) is 5.75 Å². The van der Waals surface area contributed by atoms with Crippen molar-refractivity contribution >= 4 is 27.1 Å². The minimum Gasteiger partial charge on any atom is -0.497 e. The number of sulfone groups is 1. The fourth-order valence-corrected chi connectivity index (χ4v) is 2.46.